The number of aryl methyl sites for hydroxylation is 1. The molecule has 0 spiro atoms. The van der Waals surface area contributed by atoms with Gasteiger partial charge in [0.2, 0.25) is 10.0 Å². The van der Waals surface area contributed by atoms with Crippen molar-refractivity contribution >= 4 is 21.6 Å². The molecule has 0 bridgehead atoms. The molecular formula is C19H24N2O3S. The molecule has 0 aromatic heterocycles. The van der Waals surface area contributed by atoms with Gasteiger partial charge in [-0.3, -0.25) is 4.79 Å². The van der Waals surface area contributed by atoms with E-state index in [1.165, 1.54) is 29.2 Å². The van der Waals surface area contributed by atoms with Gasteiger partial charge in [-0.05, 0) is 64.1 Å². The van der Waals surface area contributed by atoms with E-state index >= 15 is 0 Å². The number of sulfonamides is 1. The SMILES string of the molecule is Cc1ccc(N(C)C(=O)c2ccc(S(=O)(=O)NC(C)(C)C)cc2)cc1. The van der Waals surface area contributed by atoms with E-state index < -0.39 is 15.6 Å². The molecule has 0 unspecified atom stereocenters. The second-order valence-corrected chi connectivity index (χ2v) is 8.76. The summed E-state index contributed by atoms with van der Waals surface area (Å²) in [6.07, 6.45) is 0. The van der Waals surface area contributed by atoms with Gasteiger partial charge in [-0.1, -0.05) is 17.7 Å². The normalized spacial score (nSPS) is 12.0. The van der Waals surface area contributed by atoms with Gasteiger partial charge in [0, 0.05) is 23.8 Å². The van der Waals surface area contributed by atoms with Gasteiger partial charge >= 0.3 is 0 Å². The van der Waals surface area contributed by atoms with Gasteiger partial charge in [-0.15, -0.1) is 0 Å². The number of rotatable bonds is 4. The summed E-state index contributed by atoms with van der Waals surface area (Å²) in [5.41, 5.74) is 1.75. The first-order valence-electron chi connectivity index (χ1n) is 7.98. The second-order valence-electron chi connectivity index (χ2n) is 7.08. The van der Waals surface area contributed by atoms with Gasteiger partial charge < -0.3 is 4.90 Å². The predicted molar refractivity (Wildman–Crippen MR) is 100 cm³/mol. The van der Waals surface area contributed by atoms with Gasteiger partial charge in [0.1, 0.15) is 0 Å². The Balaban J connectivity index is 2.21. The number of hydrogen-bond donors (Lipinski definition) is 1. The number of amides is 1. The van der Waals surface area contributed by atoms with E-state index in [2.05, 4.69) is 4.72 Å². The number of nitrogens with one attached hydrogen (secondary N) is 1. The zero-order valence-electron chi connectivity index (χ0n) is 15.2. The first kappa shape index (κ1) is 19.1. The monoisotopic (exact) mass is 360 g/mol. The summed E-state index contributed by atoms with van der Waals surface area (Å²) in [7, 11) is -1.92. The van der Waals surface area contributed by atoms with E-state index in [1.54, 1.807) is 27.8 Å². The molecule has 2 aromatic carbocycles. The quantitative estimate of drug-likeness (QED) is 0.909. The fourth-order valence-corrected chi connectivity index (χ4v) is 3.74. The summed E-state index contributed by atoms with van der Waals surface area (Å²) in [4.78, 5) is 14.3. The van der Waals surface area contributed by atoms with Crippen molar-refractivity contribution in [2.75, 3.05) is 11.9 Å². The third-order valence-electron chi connectivity index (χ3n) is 3.58. The fraction of sp³-hybridized carbons (Fsp3) is 0.316. The Morgan fingerprint density at radius 2 is 1.48 bits per heavy atom. The third kappa shape index (κ3) is 4.90. The lowest BCUT2D eigenvalue weighted by Crippen LogP contribution is -2.40. The lowest BCUT2D eigenvalue weighted by Gasteiger charge is -2.21. The minimum atomic E-state index is -3.61. The maximum Gasteiger partial charge on any atom is 0.258 e. The third-order valence-corrected chi connectivity index (χ3v) is 5.35. The van der Waals surface area contributed by atoms with Crippen LogP contribution in [0, 0.1) is 6.92 Å². The first-order chi connectivity index (χ1) is 11.5. The van der Waals surface area contributed by atoms with Crippen molar-refractivity contribution in [1.82, 2.24) is 4.72 Å². The number of hydrogen-bond acceptors (Lipinski definition) is 3. The van der Waals surface area contributed by atoms with Gasteiger partial charge in [-0.2, -0.15) is 0 Å². The van der Waals surface area contributed by atoms with Crippen LogP contribution in [0.1, 0.15) is 36.7 Å². The molecule has 0 aliphatic rings. The van der Waals surface area contributed by atoms with Crippen LogP contribution in [0.3, 0.4) is 0 Å². The summed E-state index contributed by atoms with van der Waals surface area (Å²) in [6.45, 7) is 7.31. The van der Waals surface area contributed by atoms with Crippen LogP contribution in [0.4, 0.5) is 5.69 Å². The van der Waals surface area contributed by atoms with Crippen molar-refractivity contribution < 1.29 is 13.2 Å². The first-order valence-corrected chi connectivity index (χ1v) is 9.47. The average Bonchev–Trinajstić information content (AvgIpc) is 2.52. The van der Waals surface area contributed by atoms with Gasteiger partial charge in [-0.25, -0.2) is 13.1 Å². The molecule has 0 atom stereocenters. The zero-order chi connectivity index (χ0) is 18.8. The molecule has 25 heavy (non-hydrogen) atoms. The largest absolute Gasteiger partial charge is 0.311 e. The minimum absolute atomic E-state index is 0.136. The number of carbonyl (C=O) groups is 1. The summed E-state index contributed by atoms with van der Waals surface area (Å²) >= 11 is 0. The standard InChI is InChI=1S/C19H24N2O3S/c1-14-6-10-16(11-7-14)21(5)18(22)15-8-12-17(13-9-15)25(23,24)20-19(2,3)4/h6-13,20H,1-5H3. The van der Waals surface area contributed by atoms with Crippen molar-refractivity contribution in [2.24, 2.45) is 0 Å². The molecule has 5 nitrogen and oxygen atoms in total. The maximum absolute atomic E-state index is 12.6. The summed E-state index contributed by atoms with van der Waals surface area (Å²) in [6, 6.07) is 13.6. The molecule has 0 radical (unpaired) electrons. The van der Waals surface area contributed by atoms with Crippen LogP contribution in [0.5, 0.6) is 0 Å². The van der Waals surface area contributed by atoms with Crippen LogP contribution < -0.4 is 9.62 Å². The van der Waals surface area contributed by atoms with Crippen LogP contribution in [0.15, 0.2) is 53.4 Å². The number of benzene rings is 2. The van der Waals surface area contributed by atoms with E-state index in [-0.39, 0.29) is 10.8 Å². The topological polar surface area (TPSA) is 66.5 Å². The highest BCUT2D eigenvalue weighted by atomic mass is 32.2. The van der Waals surface area contributed by atoms with E-state index in [0.29, 0.717) is 5.56 Å². The summed E-state index contributed by atoms with van der Waals surface area (Å²) in [5, 5.41) is 0. The van der Waals surface area contributed by atoms with Crippen molar-refractivity contribution in [2.45, 2.75) is 38.1 Å². The minimum Gasteiger partial charge on any atom is -0.311 e. The maximum atomic E-state index is 12.6. The van der Waals surface area contributed by atoms with E-state index in [1.807, 2.05) is 31.2 Å². The number of anilines is 1. The predicted octanol–water partition coefficient (Wildman–Crippen LogP) is 3.35. The Bertz CT molecular complexity index is 849. The number of nitrogens with zero attached hydrogens (tertiary/aromatic N) is 1. The summed E-state index contributed by atoms with van der Waals surface area (Å²) < 4.78 is 27.2. The Kier molecular flexibility index (Phi) is 5.34. The highest BCUT2D eigenvalue weighted by molar-refractivity contribution is 7.89. The molecule has 1 N–H and O–H groups in total. The fourth-order valence-electron chi connectivity index (χ4n) is 2.32. The van der Waals surface area contributed by atoms with Crippen molar-refractivity contribution in [3.63, 3.8) is 0 Å². The van der Waals surface area contributed by atoms with Crippen LogP contribution in [0.2, 0.25) is 0 Å². The molecule has 2 aromatic rings. The molecule has 0 aliphatic heterocycles. The average molecular weight is 360 g/mol. The van der Waals surface area contributed by atoms with Crippen molar-refractivity contribution in [3.05, 3.63) is 59.7 Å². The van der Waals surface area contributed by atoms with Gasteiger partial charge in [0.15, 0.2) is 0 Å². The van der Waals surface area contributed by atoms with Gasteiger partial charge in [0.25, 0.3) is 5.91 Å². The second kappa shape index (κ2) is 6.98. The van der Waals surface area contributed by atoms with Crippen LogP contribution in [0.25, 0.3) is 0 Å². The Labute approximate surface area is 149 Å². The highest BCUT2D eigenvalue weighted by Crippen LogP contribution is 2.18. The van der Waals surface area contributed by atoms with Crippen LogP contribution >= 0.6 is 0 Å². The Morgan fingerprint density at radius 1 is 0.960 bits per heavy atom. The smallest absolute Gasteiger partial charge is 0.258 e. The highest BCUT2D eigenvalue weighted by Gasteiger charge is 2.22. The molecule has 134 valence electrons. The molecule has 0 heterocycles. The van der Waals surface area contributed by atoms with Crippen LogP contribution in [-0.4, -0.2) is 26.9 Å². The molecule has 0 saturated heterocycles. The molecule has 6 heteroatoms. The summed E-state index contributed by atoms with van der Waals surface area (Å²) in [5.74, 6) is -0.198. The molecule has 1 amide bonds. The molecule has 0 fully saturated rings. The lowest BCUT2D eigenvalue weighted by atomic mass is 10.1. The number of carbonyl (C=O) groups excluding carboxylic acids is 1. The molecule has 2 rings (SSSR count). The zero-order valence-corrected chi connectivity index (χ0v) is 16.0. The molecular weight excluding hydrogens is 336 g/mol. The Morgan fingerprint density at radius 3 is 1.96 bits per heavy atom. The van der Waals surface area contributed by atoms with E-state index in [0.717, 1.165) is 11.3 Å². The van der Waals surface area contributed by atoms with E-state index in [9.17, 15) is 13.2 Å². The van der Waals surface area contributed by atoms with Gasteiger partial charge in [0.05, 0.1) is 4.90 Å². The lowest BCUT2D eigenvalue weighted by molar-refractivity contribution is 0.0993. The van der Waals surface area contributed by atoms with E-state index in [4.69, 9.17) is 0 Å². The molecule has 0 aliphatic carbocycles. The van der Waals surface area contributed by atoms with Crippen molar-refractivity contribution in [3.8, 4) is 0 Å². The van der Waals surface area contributed by atoms with Crippen molar-refractivity contribution in [1.29, 1.82) is 0 Å². The molecule has 0 saturated carbocycles. The Hall–Kier alpha value is -2.18. The van der Waals surface area contributed by atoms with Crippen LogP contribution in [-0.2, 0) is 10.0 Å².